The molecule has 0 aliphatic carbocycles. The smallest absolute Gasteiger partial charge is 0.225 e. The molecule has 1 aliphatic heterocycles. The van der Waals surface area contributed by atoms with Crippen molar-refractivity contribution < 1.29 is 14.0 Å². The Labute approximate surface area is 167 Å². The van der Waals surface area contributed by atoms with Crippen molar-refractivity contribution in [2.24, 2.45) is 0 Å². The number of hydrogen-bond donors (Lipinski definition) is 1. The topological polar surface area (TPSA) is 75.4 Å². The summed E-state index contributed by atoms with van der Waals surface area (Å²) in [7, 11) is 0. The van der Waals surface area contributed by atoms with Crippen molar-refractivity contribution in [3.8, 4) is 0 Å². The Hall–Kier alpha value is -2.67. The minimum Gasteiger partial charge on any atom is -0.440 e. The molecule has 28 heavy (non-hydrogen) atoms. The first-order chi connectivity index (χ1) is 13.6. The van der Waals surface area contributed by atoms with Crippen molar-refractivity contribution in [1.82, 2.24) is 15.2 Å². The van der Waals surface area contributed by atoms with E-state index in [0.717, 1.165) is 35.4 Å². The van der Waals surface area contributed by atoms with Gasteiger partial charge in [-0.1, -0.05) is 18.2 Å². The molecule has 1 fully saturated rings. The van der Waals surface area contributed by atoms with Gasteiger partial charge in [-0.25, -0.2) is 4.98 Å². The normalized spacial score (nSPS) is 18.2. The van der Waals surface area contributed by atoms with Crippen LogP contribution in [0.25, 0.3) is 11.1 Å². The van der Waals surface area contributed by atoms with Crippen molar-refractivity contribution >= 4 is 34.3 Å². The van der Waals surface area contributed by atoms with Gasteiger partial charge in [0, 0.05) is 24.9 Å². The van der Waals surface area contributed by atoms with Crippen molar-refractivity contribution in [3.05, 3.63) is 52.5 Å². The summed E-state index contributed by atoms with van der Waals surface area (Å²) in [5, 5.41) is 4.86. The summed E-state index contributed by atoms with van der Waals surface area (Å²) in [6, 6.07) is 11.3. The number of hydrogen-bond acceptors (Lipinski definition) is 5. The van der Waals surface area contributed by atoms with Gasteiger partial charge in [0.2, 0.25) is 11.8 Å². The second-order valence-electron chi connectivity index (χ2n) is 7.17. The third-order valence-electron chi connectivity index (χ3n) is 5.08. The van der Waals surface area contributed by atoms with Gasteiger partial charge in [-0.2, -0.15) is 0 Å². The molecule has 0 saturated carbocycles. The summed E-state index contributed by atoms with van der Waals surface area (Å²) in [5.74, 6) is 0.726. The highest BCUT2D eigenvalue weighted by atomic mass is 32.1. The van der Waals surface area contributed by atoms with Gasteiger partial charge in [-0.05, 0) is 36.4 Å². The van der Waals surface area contributed by atoms with Crippen LogP contribution in [0, 0.1) is 0 Å². The van der Waals surface area contributed by atoms with E-state index in [2.05, 4.69) is 10.3 Å². The Morgan fingerprint density at radius 2 is 2.18 bits per heavy atom. The van der Waals surface area contributed by atoms with Crippen LogP contribution in [0.5, 0.6) is 0 Å². The van der Waals surface area contributed by atoms with Crippen LogP contribution in [0.4, 0.5) is 0 Å². The number of oxazole rings is 1. The molecule has 3 aromatic rings. The van der Waals surface area contributed by atoms with Gasteiger partial charge in [-0.3, -0.25) is 9.59 Å². The van der Waals surface area contributed by atoms with Gasteiger partial charge in [0.1, 0.15) is 5.52 Å². The van der Waals surface area contributed by atoms with Gasteiger partial charge in [-0.15, -0.1) is 11.3 Å². The van der Waals surface area contributed by atoms with Crippen LogP contribution < -0.4 is 5.32 Å². The van der Waals surface area contributed by atoms with Gasteiger partial charge in [0.05, 0.1) is 18.4 Å². The summed E-state index contributed by atoms with van der Waals surface area (Å²) >= 11 is 1.55. The number of nitrogens with one attached hydrogen (secondary N) is 1. The van der Waals surface area contributed by atoms with E-state index in [-0.39, 0.29) is 30.2 Å². The summed E-state index contributed by atoms with van der Waals surface area (Å²) in [6.45, 7) is 2.81. The number of amides is 2. The highest BCUT2D eigenvalue weighted by Gasteiger charge is 2.29. The molecule has 3 heterocycles. The van der Waals surface area contributed by atoms with Gasteiger partial charge >= 0.3 is 0 Å². The number of carbonyl (C=O) groups is 2. The molecule has 2 aromatic heterocycles. The van der Waals surface area contributed by atoms with E-state index in [9.17, 15) is 9.59 Å². The van der Waals surface area contributed by atoms with E-state index in [0.29, 0.717) is 12.4 Å². The molecule has 146 valence electrons. The fourth-order valence-electron chi connectivity index (χ4n) is 3.73. The maximum absolute atomic E-state index is 13.0. The third kappa shape index (κ3) is 4.09. The number of fused-ring (bicyclic) bond motifs is 1. The highest BCUT2D eigenvalue weighted by molar-refractivity contribution is 7.10. The molecule has 7 heteroatoms. The van der Waals surface area contributed by atoms with Gasteiger partial charge in [0.15, 0.2) is 11.5 Å². The zero-order valence-electron chi connectivity index (χ0n) is 15.8. The van der Waals surface area contributed by atoms with Crippen LogP contribution in [0.1, 0.15) is 48.9 Å². The van der Waals surface area contributed by atoms with Crippen molar-refractivity contribution in [3.63, 3.8) is 0 Å². The number of aromatic nitrogens is 1. The predicted octanol–water partition coefficient (Wildman–Crippen LogP) is 3.86. The van der Waals surface area contributed by atoms with E-state index in [1.54, 1.807) is 11.3 Å². The van der Waals surface area contributed by atoms with E-state index in [1.807, 2.05) is 46.7 Å². The monoisotopic (exact) mass is 397 g/mol. The summed E-state index contributed by atoms with van der Waals surface area (Å²) < 4.78 is 5.92. The minimum atomic E-state index is -0.283. The maximum Gasteiger partial charge on any atom is 0.225 e. The Morgan fingerprint density at radius 3 is 2.93 bits per heavy atom. The quantitative estimate of drug-likeness (QED) is 0.709. The number of likely N-dealkylation sites (tertiary alicyclic amines) is 1. The number of nitrogens with zero attached hydrogens (tertiary/aromatic N) is 2. The number of thiophene rings is 1. The van der Waals surface area contributed by atoms with Crippen LogP contribution >= 0.6 is 11.3 Å². The van der Waals surface area contributed by atoms with E-state index in [4.69, 9.17) is 4.42 Å². The number of rotatable bonds is 5. The molecular formula is C21H23N3O3S. The first kappa shape index (κ1) is 18.7. The third-order valence-corrected chi connectivity index (χ3v) is 6.06. The Morgan fingerprint density at radius 1 is 1.32 bits per heavy atom. The molecule has 0 bridgehead atoms. The Kier molecular flexibility index (Phi) is 5.43. The fourth-order valence-corrected chi connectivity index (χ4v) is 4.51. The summed E-state index contributed by atoms with van der Waals surface area (Å²) in [5.41, 5.74) is 1.63. The van der Waals surface area contributed by atoms with E-state index in [1.165, 1.54) is 6.92 Å². The van der Waals surface area contributed by atoms with Crippen LogP contribution in [0.2, 0.25) is 0 Å². The lowest BCUT2D eigenvalue weighted by Crippen LogP contribution is -2.41. The Bertz CT molecular complexity index is 933. The molecule has 1 aliphatic rings. The average Bonchev–Trinajstić information content (AvgIpc) is 3.37. The molecule has 1 N–H and O–H groups in total. The zero-order chi connectivity index (χ0) is 19.5. The molecule has 2 unspecified atom stereocenters. The largest absolute Gasteiger partial charge is 0.440 e. The molecule has 2 atom stereocenters. The molecule has 0 radical (unpaired) electrons. The first-order valence-electron chi connectivity index (χ1n) is 9.54. The summed E-state index contributed by atoms with van der Waals surface area (Å²) in [4.78, 5) is 32.0. The number of benzene rings is 1. The second-order valence-corrected chi connectivity index (χ2v) is 8.15. The lowest BCUT2D eigenvalue weighted by atomic mass is 9.97. The number of para-hydroxylation sites is 2. The summed E-state index contributed by atoms with van der Waals surface area (Å²) in [6.07, 6.45) is 2.13. The van der Waals surface area contributed by atoms with Gasteiger partial charge < -0.3 is 14.6 Å². The average molecular weight is 398 g/mol. The molecule has 1 saturated heterocycles. The maximum atomic E-state index is 13.0. The van der Waals surface area contributed by atoms with Crippen molar-refractivity contribution in [2.75, 3.05) is 13.1 Å². The van der Waals surface area contributed by atoms with E-state index < -0.39 is 0 Å². The fraction of sp³-hybridized carbons (Fsp3) is 0.381. The minimum absolute atomic E-state index is 0.0490. The molecule has 4 rings (SSSR count). The molecule has 1 aromatic carbocycles. The van der Waals surface area contributed by atoms with Crippen LogP contribution in [-0.2, 0) is 9.59 Å². The number of piperidine rings is 1. The van der Waals surface area contributed by atoms with Crippen LogP contribution in [0.15, 0.2) is 46.2 Å². The molecular weight excluding hydrogens is 374 g/mol. The molecule has 0 spiro atoms. The van der Waals surface area contributed by atoms with Crippen molar-refractivity contribution in [1.29, 1.82) is 0 Å². The first-order valence-corrected chi connectivity index (χ1v) is 10.4. The number of carbonyl (C=O) groups excluding carboxylic acids is 2. The standard InChI is InChI=1S/C21H23N3O3S/c1-14(25)22-17(19-9-5-11-28-19)12-20(26)24-10-4-6-15(13-24)21-23-16-7-2-3-8-18(16)27-21/h2-3,5,7-9,11,15,17H,4,6,10,12-13H2,1H3,(H,22,25). The molecule has 2 amide bonds. The zero-order valence-corrected chi connectivity index (χ0v) is 16.6. The van der Waals surface area contributed by atoms with Gasteiger partial charge in [0.25, 0.3) is 0 Å². The second kappa shape index (κ2) is 8.14. The molecule has 6 nitrogen and oxygen atoms in total. The van der Waals surface area contributed by atoms with E-state index >= 15 is 0 Å². The lowest BCUT2D eigenvalue weighted by Gasteiger charge is -2.32. The highest BCUT2D eigenvalue weighted by Crippen LogP contribution is 2.30. The lowest BCUT2D eigenvalue weighted by molar-refractivity contribution is -0.133. The SMILES string of the molecule is CC(=O)NC(CC(=O)N1CCCC(c2nc3ccccc3o2)C1)c1cccs1. The van der Waals surface area contributed by atoms with Crippen LogP contribution in [0.3, 0.4) is 0 Å². The van der Waals surface area contributed by atoms with Crippen molar-refractivity contribution in [2.45, 2.75) is 38.1 Å². The predicted molar refractivity (Wildman–Crippen MR) is 108 cm³/mol. The van der Waals surface area contributed by atoms with Crippen LogP contribution in [-0.4, -0.2) is 34.8 Å². The Balaban J connectivity index is 1.45.